The van der Waals surface area contributed by atoms with Crippen molar-refractivity contribution in [2.75, 3.05) is 19.7 Å². The van der Waals surface area contributed by atoms with Crippen molar-refractivity contribution in [1.29, 1.82) is 0 Å². The number of piperidine rings is 1. The van der Waals surface area contributed by atoms with E-state index in [2.05, 4.69) is 4.72 Å². The summed E-state index contributed by atoms with van der Waals surface area (Å²) in [7, 11) is -3.96. The third-order valence-electron chi connectivity index (χ3n) is 4.38. The number of likely N-dealkylation sites (tertiary alicyclic amines) is 1. The molecule has 0 spiro atoms. The van der Waals surface area contributed by atoms with Crippen LogP contribution in [0.4, 0.5) is 0 Å². The average molecular weight is 437 g/mol. The third-order valence-corrected chi connectivity index (χ3v) is 6.52. The van der Waals surface area contributed by atoms with Crippen LogP contribution in [0.15, 0.2) is 23.1 Å². The van der Waals surface area contributed by atoms with Crippen LogP contribution in [0.3, 0.4) is 0 Å². The first-order valence-electron chi connectivity index (χ1n) is 8.64. The first kappa shape index (κ1) is 21.9. The van der Waals surface area contributed by atoms with Crippen LogP contribution >= 0.6 is 23.2 Å². The Balaban J connectivity index is 1.84. The minimum absolute atomic E-state index is 0.0831. The monoisotopic (exact) mass is 436 g/mol. The summed E-state index contributed by atoms with van der Waals surface area (Å²) in [6, 6.07) is 3.96. The van der Waals surface area contributed by atoms with Gasteiger partial charge in [-0.3, -0.25) is 9.59 Å². The van der Waals surface area contributed by atoms with Gasteiger partial charge in [0.25, 0.3) is 5.91 Å². The van der Waals surface area contributed by atoms with Gasteiger partial charge in [-0.05, 0) is 43.9 Å². The van der Waals surface area contributed by atoms with E-state index in [1.54, 1.807) is 4.90 Å². The number of ether oxygens (including phenoxy) is 1. The lowest BCUT2D eigenvalue weighted by Crippen LogP contribution is -2.45. The maximum absolute atomic E-state index is 12.2. The molecule has 27 heavy (non-hydrogen) atoms. The zero-order valence-electron chi connectivity index (χ0n) is 14.9. The van der Waals surface area contributed by atoms with Crippen molar-refractivity contribution in [2.45, 2.75) is 43.5 Å². The molecule has 1 amide bonds. The minimum Gasteiger partial charge on any atom is -0.455 e. The van der Waals surface area contributed by atoms with Crippen molar-refractivity contribution in [3.8, 4) is 0 Å². The molecule has 1 aromatic carbocycles. The van der Waals surface area contributed by atoms with Gasteiger partial charge in [-0.1, -0.05) is 30.1 Å². The molecule has 1 unspecified atom stereocenters. The first-order chi connectivity index (χ1) is 12.7. The van der Waals surface area contributed by atoms with Crippen molar-refractivity contribution in [3.05, 3.63) is 28.2 Å². The summed E-state index contributed by atoms with van der Waals surface area (Å²) >= 11 is 11.6. The number of rotatable bonds is 7. The smallest absolute Gasteiger partial charge is 0.321 e. The predicted molar refractivity (Wildman–Crippen MR) is 102 cm³/mol. The number of hydrogen-bond donors (Lipinski definition) is 1. The van der Waals surface area contributed by atoms with Gasteiger partial charge in [0.1, 0.15) is 6.54 Å². The molecule has 0 radical (unpaired) electrons. The molecule has 1 heterocycles. The largest absolute Gasteiger partial charge is 0.455 e. The number of carbonyl (C=O) groups excluding carboxylic acids is 2. The van der Waals surface area contributed by atoms with Gasteiger partial charge in [0.2, 0.25) is 10.0 Å². The SMILES string of the molecule is CCC1CCCCN1C(=O)COC(=O)CNS(=O)(=O)c1ccc(Cl)c(Cl)c1. The van der Waals surface area contributed by atoms with E-state index in [1.165, 1.54) is 18.2 Å². The second-order valence-corrected chi connectivity index (χ2v) is 8.79. The van der Waals surface area contributed by atoms with Crippen LogP contribution in [0, 0.1) is 0 Å². The Labute approximate surface area is 169 Å². The standard InChI is InChI=1S/C17H22Cl2N2O5S/c1-2-12-5-3-4-8-21(12)16(22)11-26-17(23)10-20-27(24,25)13-6-7-14(18)15(19)9-13/h6-7,9,12,20H,2-5,8,10-11H2,1H3. The quantitative estimate of drug-likeness (QED) is 0.662. The Hall–Kier alpha value is -1.35. The molecule has 0 saturated carbocycles. The van der Waals surface area contributed by atoms with Gasteiger partial charge in [0.05, 0.1) is 14.9 Å². The van der Waals surface area contributed by atoms with Crippen LogP contribution in [-0.2, 0) is 24.3 Å². The molecule has 1 aliphatic heterocycles. The molecule has 1 atom stereocenters. The number of carbonyl (C=O) groups is 2. The van der Waals surface area contributed by atoms with Crippen LogP contribution in [0.5, 0.6) is 0 Å². The molecule has 0 aliphatic carbocycles. The van der Waals surface area contributed by atoms with Gasteiger partial charge < -0.3 is 9.64 Å². The highest BCUT2D eigenvalue weighted by Crippen LogP contribution is 2.24. The summed E-state index contributed by atoms with van der Waals surface area (Å²) in [5.74, 6) is -1.10. The lowest BCUT2D eigenvalue weighted by molar-refractivity contribution is -0.152. The summed E-state index contributed by atoms with van der Waals surface area (Å²) in [5, 5.41) is 0.302. The highest BCUT2D eigenvalue weighted by atomic mass is 35.5. The maximum Gasteiger partial charge on any atom is 0.321 e. The molecule has 1 aliphatic rings. The second-order valence-electron chi connectivity index (χ2n) is 6.21. The minimum atomic E-state index is -3.96. The summed E-state index contributed by atoms with van der Waals surface area (Å²) in [6.07, 6.45) is 3.81. The molecule has 1 N–H and O–H groups in total. The lowest BCUT2D eigenvalue weighted by atomic mass is 10.00. The van der Waals surface area contributed by atoms with Crippen LogP contribution < -0.4 is 4.72 Å². The van der Waals surface area contributed by atoms with E-state index in [9.17, 15) is 18.0 Å². The predicted octanol–water partition coefficient (Wildman–Crippen LogP) is 2.61. The zero-order valence-corrected chi connectivity index (χ0v) is 17.2. The maximum atomic E-state index is 12.2. The van der Waals surface area contributed by atoms with E-state index in [4.69, 9.17) is 27.9 Å². The summed E-state index contributed by atoms with van der Waals surface area (Å²) in [4.78, 5) is 25.7. The molecule has 0 bridgehead atoms. The van der Waals surface area contributed by atoms with E-state index < -0.39 is 29.1 Å². The number of halogens is 2. The Kier molecular flexibility index (Phi) is 7.91. The van der Waals surface area contributed by atoms with Crippen LogP contribution in [0.25, 0.3) is 0 Å². The number of nitrogens with zero attached hydrogens (tertiary/aromatic N) is 1. The molecule has 7 nitrogen and oxygen atoms in total. The lowest BCUT2D eigenvalue weighted by Gasteiger charge is -2.35. The summed E-state index contributed by atoms with van der Waals surface area (Å²) in [5.41, 5.74) is 0. The highest BCUT2D eigenvalue weighted by molar-refractivity contribution is 7.89. The van der Waals surface area contributed by atoms with Crippen molar-refractivity contribution < 1.29 is 22.7 Å². The van der Waals surface area contributed by atoms with Gasteiger partial charge >= 0.3 is 5.97 Å². The highest BCUT2D eigenvalue weighted by Gasteiger charge is 2.26. The van der Waals surface area contributed by atoms with Crippen molar-refractivity contribution >= 4 is 45.1 Å². The Morgan fingerprint density at radius 2 is 2.00 bits per heavy atom. The van der Waals surface area contributed by atoms with Gasteiger partial charge in [-0.25, -0.2) is 8.42 Å². The molecule has 2 rings (SSSR count). The number of esters is 1. The molecule has 1 aromatic rings. The van der Waals surface area contributed by atoms with E-state index >= 15 is 0 Å². The van der Waals surface area contributed by atoms with E-state index in [1.807, 2.05) is 6.92 Å². The second kappa shape index (κ2) is 9.73. The number of amides is 1. The van der Waals surface area contributed by atoms with Crippen LogP contribution in [0.2, 0.25) is 10.0 Å². The molecule has 1 fully saturated rings. The first-order valence-corrected chi connectivity index (χ1v) is 10.9. The number of hydrogen-bond acceptors (Lipinski definition) is 5. The normalized spacial score (nSPS) is 17.6. The zero-order chi connectivity index (χ0) is 20.0. The van der Waals surface area contributed by atoms with Gasteiger partial charge in [-0.15, -0.1) is 0 Å². The number of nitrogens with one attached hydrogen (secondary N) is 1. The van der Waals surface area contributed by atoms with E-state index in [-0.39, 0.29) is 26.9 Å². The Morgan fingerprint density at radius 1 is 1.26 bits per heavy atom. The molecular weight excluding hydrogens is 415 g/mol. The van der Waals surface area contributed by atoms with Crippen molar-refractivity contribution in [2.24, 2.45) is 0 Å². The summed E-state index contributed by atoms with van der Waals surface area (Å²) in [6.45, 7) is 1.68. The molecule has 10 heteroatoms. The van der Waals surface area contributed by atoms with E-state index in [0.29, 0.717) is 6.54 Å². The number of sulfonamides is 1. The third kappa shape index (κ3) is 6.07. The fraction of sp³-hybridized carbons (Fsp3) is 0.529. The summed E-state index contributed by atoms with van der Waals surface area (Å²) < 4.78 is 31.4. The van der Waals surface area contributed by atoms with Crippen LogP contribution in [0.1, 0.15) is 32.6 Å². The van der Waals surface area contributed by atoms with Crippen molar-refractivity contribution in [1.82, 2.24) is 9.62 Å². The van der Waals surface area contributed by atoms with Gasteiger partial charge in [-0.2, -0.15) is 4.72 Å². The van der Waals surface area contributed by atoms with Crippen LogP contribution in [-0.4, -0.2) is 50.9 Å². The average Bonchev–Trinajstić information content (AvgIpc) is 2.66. The topological polar surface area (TPSA) is 92.8 Å². The fourth-order valence-corrected chi connectivity index (χ4v) is 4.27. The van der Waals surface area contributed by atoms with Gasteiger partial charge in [0, 0.05) is 12.6 Å². The van der Waals surface area contributed by atoms with Gasteiger partial charge in [0.15, 0.2) is 6.61 Å². The van der Waals surface area contributed by atoms with E-state index in [0.717, 1.165) is 25.7 Å². The molecule has 0 aromatic heterocycles. The number of benzene rings is 1. The van der Waals surface area contributed by atoms with Crippen molar-refractivity contribution in [3.63, 3.8) is 0 Å². The molecule has 150 valence electrons. The fourth-order valence-electron chi connectivity index (χ4n) is 2.91. The molecule has 1 saturated heterocycles. The Bertz CT molecular complexity index is 801. The Morgan fingerprint density at radius 3 is 2.67 bits per heavy atom. The molecular formula is C17H22Cl2N2O5S.